The summed E-state index contributed by atoms with van der Waals surface area (Å²) in [6, 6.07) is 13.4. The Kier molecular flexibility index (Phi) is 5.74. The van der Waals surface area contributed by atoms with Gasteiger partial charge in [-0.15, -0.1) is 0 Å². The molecule has 0 saturated carbocycles. The second kappa shape index (κ2) is 8.24. The van der Waals surface area contributed by atoms with E-state index in [1.165, 1.54) is 29.2 Å². The van der Waals surface area contributed by atoms with E-state index in [0.717, 1.165) is 0 Å². The lowest BCUT2D eigenvalue weighted by Crippen LogP contribution is -2.35. The molecule has 150 valence electrons. The van der Waals surface area contributed by atoms with Crippen LogP contribution < -0.4 is 0 Å². The molecular formula is C21H21N3O5. The van der Waals surface area contributed by atoms with Crippen LogP contribution in [0.5, 0.6) is 0 Å². The fourth-order valence-corrected chi connectivity index (χ4v) is 3.29. The number of likely N-dealkylation sites (tertiary alicyclic amines) is 1. The van der Waals surface area contributed by atoms with E-state index in [1.807, 2.05) is 19.0 Å². The number of carbonyl (C=O) groups excluding carboxylic acids is 2. The highest BCUT2D eigenvalue weighted by atomic mass is 16.6. The SMILES string of the molecule is CN(C)CCN1C(=O)C(=O)/C(=C(/O)c2ccccc2)[C@@H]1c1ccc([N+](=O)[O-])cc1. The minimum atomic E-state index is -0.823. The van der Waals surface area contributed by atoms with Crippen LogP contribution in [-0.2, 0) is 9.59 Å². The van der Waals surface area contributed by atoms with Crippen LogP contribution in [-0.4, -0.2) is 58.7 Å². The lowest BCUT2D eigenvalue weighted by Gasteiger charge is -2.26. The normalized spacial score (nSPS) is 18.4. The third-order valence-electron chi connectivity index (χ3n) is 4.79. The van der Waals surface area contributed by atoms with Crippen molar-refractivity contribution in [2.24, 2.45) is 0 Å². The summed E-state index contributed by atoms with van der Waals surface area (Å²) in [6.07, 6.45) is 0. The van der Waals surface area contributed by atoms with Gasteiger partial charge in [-0.25, -0.2) is 0 Å². The molecule has 0 bridgehead atoms. The maximum atomic E-state index is 12.8. The predicted molar refractivity (Wildman–Crippen MR) is 107 cm³/mol. The molecule has 1 amide bonds. The van der Waals surface area contributed by atoms with Gasteiger partial charge in [0, 0.05) is 30.8 Å². The van der Waals surface area contributed by atoms with Crippen LogP contribution in [0.4, 0.5) is 5.69 Å². The summed E-state index contributed by atoms with van der Waals surface area (Å²) in [6.45, 7) is 0.784. The summed E-state index contributed by atoms with van der Waals surface area (Å²) in [5.41, 5.74) is 0.826. The fourth-order valence-electron chi connectivity index (χ4n) is 3.29. The summed E-state index contributed by atoms with van der Waals surface area (Å²) in [5, 5.41) is 21.8. The van der Waals surface area contributed by atoms with E-state index < -0.39 is 22.7 Å². The Bertz CT molecular complexity index is 968. The van der Waals surface area contributed by atoms with Gasteiger partial charge in [0.25, 0.3) is 17.4 Å². The zero-order valence-electron chi connectivity index (χ0n) is 16.1. The van der Waals surface area contributed by atoms with Crippen LogP contribution in [0.25, 0.3) is 5.76 Å². The van der Waals surface area contributed by atoms with E-state index in [1.54, 1.807) is 30.3 Å². The number of hydrogen-bond acceptors (Lipinski definition) is 6. The Labute approximate surface area is 167 Å². The Morgan fingerprint density at radius 1 is 1.10 bits per heavy atom. The number of likely N-dealkylation sites (N-methyl/N-ethyl adjacent to an activating group) is 1. The summed E-state index contributed by atoms with van der Waals surface area (Å²) >= 11 is 0. The lowest BCUT2D eigenvalue weighted by molar-refractivity contribution is -0.384. The number of carbonyl (C=O) groups is 2. The van der Waals surface area contributed by atoms with Gasteiger partial charge in [0.1, 0.15) is 5.76 Å². The van der Waals surface area contributed by atoms with Crippen LogP contribution in [0.2, 0.25) is 0 Å². The molecule has 2 aromatic carbocycles. The van der Waals surface area contributed by atoms with Gasteiger partial charge in [0.2, 0.25) is 0 Å². The Morgan fingerprint density at radius 3 is 2.28 bits per heavy atom. The first-order valence-electron chi connectivity index (χ1n) is 9.04. The first-order valence-corrected chi connectivity index (χ1v) is 9.04. The number of nitro groups is 1. The Balaban J connectivity index is 2.13. The molecule has 1 aliphatic rings. The number of non-ortho nitro benzene ring substituents is 1. The summed E-state index contributed by atoms with van der Waals surface area (Å²) in [5.74, 6) is -1.74. The quantitative estimate of drug-likeness (QED) is 0.265. The van der Waals surface area contributed by atoms with Crippen molar-refractivity contribution in [1.29, 1.82) is 0 Å². The van der Waals surface area contributed by atoms with E-state index in [9.17, 15) is 24.8 Å². The molecule has 0 aliphatic carbocycles. The fraction of sp³-hybridized carbons (Fsp3) is 0.238. The smallest absolute Gasteiger partial charge is 0.295 e. The van der Waals surface area contributed by atoms with E-state index in [4.69, 9.17) is 0 Å². The minimum absolute atomic E-state index is 0.0196. The number of Topliss-reactive ketones (excluding diaryl/α,β-unsaturated/α-hetero) is 1. The van der Waals surface area contributed by atoms with Crippen molar-refractivity contribution < 1.29 is 19.6 Å². The van der Waals surface area contributed by atoms with Crippen LogP contribution in [0.3, 0.4) is 0 Å². The number of rotatable bonds is 6. The Hall–Kier alpha value is -3.52. The zero-order chi connectivity index (χ0) is 21.1. The van der Waals surface area contributed by atoms with Gasteiger partial charge in [-0.1, -0.05) is 30.3 Å². The van der Waals surface area contributed by atoms with Crippen LogP contribution in [0, 0.1) is 10.1 Å². The summed E-state index contributed by atoms with van der Waals surface area (Å²) in [7, 11) is 3.70. The van der Waals surface area contributed by atoms with Crippen LogP contribution in [0.15, 0.2) is 60.2 Å². The standard InChI is InChI=1S/C21H21N3O5/c1-22(2)12-13-23-18(14-8-10-16(11-9-14)24(28)29)17(20(26)21(23)27)19(25)15-6-4-3-5-7-15/h3-11,18,25H,12-13H2,1-2H3/b19-17+/t18-/m0/s1. The zero-order valence-corrected chi connectivity index (χ0v) is 16.1. The molecule has 1 fully saturated rings. The van der Waals surface area contributed by atoms with Gasteiger partial charge >= 0.3 is 0 Å². The lowest BCUT2D eigenvalue weighted by atomic mass is 9.95. The average molecular weight is 395 g/mol. The van der Waals surface area contributed by atoms with Gasteiger partial charge in [-0.2, -0.15) is 0 Å². The topological polar surface area (TPSA) is 104 Å². The largest absolute Gasteiger partial charge is 0.507 e. The van der Waals surface area contributed by atoms with Gasteiger partial charge in [0.15, 0.2) is 0 Å². The molecule has 0 spiro atoms. The molecular weight excluding hydrogens is 374 g/mol. The number of nitro benzene ring substituents is 1. The van der Waals surface area contributed by atoms with E-state index in [-0.39, 0.29) is 23.6 Å². The molecule has 8 nitrogen and oxygen atoms in total. The molecule has 1 atom stereocenters. The van der Waals surface area contributed by atoms with E-state index in [2.05, 4.69) is 0 Å². The van der Waals surface area contributed by atoms with Crippen molar-refractivity contribution >= 4 is 23.1 Å². The van der Waals surface area contributed by atoms with Crippen molar-refractivity contribution in [3.63, 3.8) is 0 Å². The molecule has 2 aromatic rings. The highest BCUT2D eigenvalue weighted by Crippen LogP contribution is 2.39. The number of aliphatic hydroxyl groups is 1. The van der Waals surface area contributed by atoms with Crippen LogP contribution in [0.1, 0.15) is 17.2 Å². The highest BCUT2D eigenvalue weighted by molar-refractivity contribution is 6.46. The molecule has 3 rings (SSSR count). The van der Waals surface area contributed by atoms with Crippen molar-refractivity contribution in [3.05, 3.63) is 81.4 Å². The van der Waals surface area contributed by atoms with Gasteiger partial charge < -0.3 is 14.9 Å². The number of benzene rings is 2. The van der Waals surface area contributed by atoms with Gasteiger partial charge in [-0.05, 0) is 31.8 Å². The second-order valence-corrected chi connectivity index (χ2v) is 7.01. The number of ketones is 1. The predicted octanol–water partition coefficient (Wildman–Crippen LogP) is 2.58. The molecule has 0 aromatic heterocycles. The highest BCUT2D eigenvalue weighted by Gasteiger charge is 2.45. The summed E-state index contributed by atoms with van der Waals surface area (Å²) in [4.78, 5) is 39.3. The van der Waals surface area contributed by atoms with Crippen molar-refractivity contribution in [2.75, 3.05) is 27.2 Å². The molecule has 1 heterocycles. The molecule has 1 aliphatic heterocycles. The van der Waals surface area contributed by atoms with E-state index >= 15 is 0 Å². The van der Waals surface area contributed by atoms with E-state index in [0.29, 0.717) is 17.7 Å². The maximum absolute atomic E-state index is 12.8. The molecule has 29 heavy (non-hydrogen) atoms. The number of amides is 1. The van der Waals surface area contributed by atoms with Crippen molar-refractivity contribution in [2.45, 2.75) is 6.04 Å². The maximum Gasteiger partial charge on any atom is 0.295 e. The minimum Gasteiger partial charge on any atom is -0.507 e. The van der Waals surface area contributed by atoms with Gasteiger partial charge in [0.05, 0.1) is 16.5 Å². The van der Waals surface area contributed by atoms with Crippen molar-refractivity contribution in [1.82, 2.24) is 9.80 Å². The molecule has 0 unspecified atom stereocenters. The molecule has 1 N–H and O–H groups in total. The second-order valence-electron chi connectivity index (χ2n) is 7.01. The third-order valence-corrected chi connectivity index (χ3v) is 4.79. The number of hydrogen-bond donors (Lipinski definition) is 1. The number of nitrogens with zero attached hydrogens (tertiary/aromatic N) is 3. The third kappa shape index (κ3) is 4.02. The van der Waals surface area contributed by atoms with Crippen molar-refractivity contribution in [3.8, 4) is 0 Å². The first kappa shape index (κ1) is 20.2. The monoisotopic (exact) mass is 395 g/mol. The van der Waals surface area contributed by atoms with Crippen LogP contribution >= 0.6 is 0 Å². The summed E-state index contributed by atoms with van der Waals surface area (Å²) < 4.78 is 0. The Morgan fingerprint density at radius 2 is 1.72 bits per heavy atom. The van der Waals surface area contributed by atoms with Gasteiger partial charge in [-0.3, -0.25) is 19.7 Å². The average Bonchev–Trinajstić information content (AvgIpc) is 2.97. The number of aliphatic hydroxyl groups excluding tert-OH is 1. The molecule has 1 saturated heterocycles. The molecule has 8 heteroatoms. The first-order chi connectivity index (χ1) is 13.8. The molecule has 0 radical (unpaired) electrons.